The number of nitrogens with zero attached hydrogens (tertiary/aromatic N) is 1. The number of nitrogens with two attached hydrogens (primary N) is 1. The molecule has 4 amide bonds. The second kappa shape index (κ2) is 7.96. The molecule has 2 aliphatic rings. The molecule has 0 spiro atoms. The van der Waals surface area contributed by atoms with E-state index < -0.39 is 11.6 Å². The van der Waals surface area contributed by atoms with Crippen molar-refractivity contribution in [3.63, 3.8) is 0 Å². The number of hydrogen-bond acceptors (Lipinski definition) is 4. The second-order valence-corrected chi connectivity index (χ2v) is 6.92. The molecule has 2 fully saturated rings. The number of urea groups is 1. The Balaban J connectivity index is 1.96. The van der Waals surface area contributed by atoms with Gasteiger partial charge in [-0.2, -0.15) is 0 Å². The monoisotopic (exact) mass is 338 g/mol. The first-order chi connectivity index (χ1) is 11.5. The van der Waals surface area contributed by atoms with E-state index in [0.717, 1.165) is 17.7 Å². The van der Waals surface area contributed by atoms with Crippen LogP contribution < -0.4 is 16.4 Å². The summed E-state index contributed by atoms with van der Waals surface area (Å²) in [5.41, 5.74) is 4.96. The van der Waals surface area contributed by atoms with Gasteiger partial charge in [0.1, 0.15) is 12.1 Å². The lowest BCUT2D eigenvalue weighted by Crippen LogP contribution is -2.50. The largest absolute Gasteiger partial charge is 0.350 e. The van der Waals surface area contributed by atoms with E-state index in [2.05, 4.69) is 10.6 Å². The van der Waals surface area contributed by atoms with E-state index in [0.29, 0.717) is 25.3 Å². The van der Waals surface area contributed by atoms with Crippen LogP contribution in [-0.2, 0) is 9.59 Å². The molecule has 1 atom stereocenters. The number of amides is 4. The Kier molecular flexibility index (Phi) is 6.21. The summed E-state index contributed by atoms with van der Waals surface area (Å²) in [6.07, 6.45) is 6.74. The molecule has 0 radical (unpaired) electrons. The van der Waals surface area contributed by atoms with Gasteiger partial charge in [-0.25, -0.2) is 4.79 Å². The average molecular weight is 338 g/mol. The van der Waals surface area contributed by atoms with Gasteiger partial charge < -0.3 is 16.4 Å². The van der Waals surface area contributed by atoms with Crippen LogP contribution in [0.3, 0.4) is 0 Å². The van der Waals surface area contributed by atoms with E-state index in [-0.39, 0.29) is 24.4 Å². The van der Waals surface area contributed by atoms with Crippen LogP contribution in [0, 0.1) is 5.92 Å². The molecular weight excluding hydrogens is 308 g/mol. The molecule has 1 unspecified atom stereocenters. The molecule has 7 heteroatoms. The van der Waals surface area contributed by atoms with Crippen molar-refractivity contribution in [1.82, 2.24) is 15.5 Å². The molecule has 24 heavy (non-hydrogen) atoms. The summed E-state index contributed by atoms with van der Waals surface area (Å²) in [5.74, 6) is -0.238. The number of carbonyl (C=O) groups excluding carboxylic acids is 3. The van der Waals surface area contributed by atoms with Gasteiger partial charge in [-0.1, -0.05) is 33.1 Å². The van der Waals surface area contributed by atoms with Crippen molar-refractivity contribution >= 4 is 17.8 Å². The molecule has 0 aromatic rings. The smallest absolute Gasteiger partial charge is 0.325 e. The highest BCUT2D eigenvalue weighted by Gasteiger charge is 2.49. The average Bonchev–Trinajstić information content (AvgIpc) is 2.85. The van der Waals surface area contributed by atoms with Gasteiger partial charge in [0.15, 0.2) is 0 Å². The fourth-order valence-corrected chi connectivity index (χ4v) is 3.85. The Hall–Kier alpha value is -1.63. The van der Waals surface area contributed by atoms with Gasteiger partial charge in [0.25, 0.3) is 5.91 Å². The Morgan fingerprint density at radius 3 is 2.42 bits per heavy atom. The molecule has 2 rings (SSSR count). The summed E-state index contributed by atoms with van der Waals surface area (Å²) in [7, 11) is 0. The number of rotatable bonds is 7. The van der Waals surface area contributed by atoms with Crippen LogP contribution >= 0.6 is 0 Å². The van der Waals surface area contributed by atoms with Crippen molar-refractivity contribution in [3.05, 3.63) is 0 Å². The molecular formula is C17H30N4O3. The minimum absolute atomic E-state index is 0.0827. The van der Waals surface area contributed by atoms with Gasteiger partial charge in [-0.15, -0.1) is 0 Å². The number of nitrogens with one attached hydrogen (secondary N) is 2. The van der Waals surface area contributed by atoms with Crippen molar-refractivity contribution in [2.45, 2.75) is 70.4 Å². The predicted octanol–water partition coefficient (Wildman–Crippen LogP) is 1.12. The van der Waals surface area contributed by atoms with Crippen LogP contribution in [0.25, 0.3) is 0 Å². The number of imide groups is 1. The third-order valence-corrected chi connectivity index (χ3v) is 5.57. The van der Waals surface area contributed by atoms with Gasteiger partial charge in [-0.3, -0.25) is 14.5 Å². The molecule has 1 saturated carbocycles. The zero-order chi connectivity index (χ0) is 17.7. The molecule has 136 valence electrons. The van der Waals surface area contributed by atoms with Gasteiger partial charge in [-0.05, 0) is 31.6 Å². The van der Waals surface area contributed by atoms with Crippen molar-refractivity contribution in [2.24, 2.45) is 11.7 Å². The predicted molar refractivity (Wildman–Crippen MR) is 91.1 cm³/mol. The van der Waals surface area contributed by atoms with Gasteiger partial charge in [0.2, 0.25) is 5.91 Å². The molecule has 7 nitrogen and oxygen atoms in total. The lowest BCUT2D eigenvalue weighted by molar-refractivity contribution is -0.135. The standard InChI is InChI=1S/C17H30N4O3/c1-3-17(4-2)15(23)21(16(24)20-17)11-14(22)19-13(10-18)12-8-6-5-7-9-12/h12-13H,3-11,18H2,1-2H3,(H,19,22)(H,20,24). The lowest BCUT2D eigenvalue weighted by Gasteiger charge is -2.30. The first-order valence-corrected chi connectivity index (χ1v) is 9.11. The van der Waals surface area contributed by atoms with E-state index in [1.807, 2.05) is 13.8 Å². The minimum Gasteiger partial charge on any atom is -0.350 e. The highest BCUT2D eigenvalue weighted by Crippen LogP contribution is 2.27. The molecule has 0 aromatic carbocycles. The SMILES string of the molecule is CCC1(CC)NC(=O)N(CC(=O)NC(CN)C2CCCCC2)C1=O. The first kappa shape index (κ1) is 18.7. The van der Waals surface area contributed by atoms with Crippen LogP contribution in [0.15, 0.2) is 0 Å². The third-order valence-electron chi connectivity index (χ3n) is 5.57. The normalized spacial score (nSPS) is 22.4. The highest BCUT2D eigenvalue weighted by molar-refractivity contribution is 6.08. The molecule has 1 heterocycles. The Labute approximate surface area is 143 Å². The van der Waals surface area contributed by atoms with E-state index in [4.69, 9.17) is 5.73 Å². The second-order valence-electron chi connectivity index (χ2n) is 6.92. The molecule has 1 aliphatic carbocycles. The van der Waals surface area contributed by atoms with Crippen LogP contribution in [0.1, 0.15) is 58.8 Å². The molecule has 1 aliphatic heterocycles. The third kappa shape index (κ3) is 3.71. The lowest BCUT2D eigenvalue weighted by atomic mass is 9.84. The first-order valence-electron chi connectivity index (χ1n) is 9.11. The van der Waals surface area contributed by atoms with E-state index >= 15 is 0 Å². The number of hydrogen-bond donors (Lipinski definition) is 3. The van der Waals surface area contributed by atoms with Crippen LogP contribution in [0.4, 0.5) is 4.79 Å². The van der Waals surface area contributed by atoms with Crippen molar-refractivity contribution in [2.75, 3.05) is 13.1 Å². The Morgan fingerprint density at radius 2 is 1.92 bits per heavy atom. The maximum absolute atomic E-state index is 12.5. The number of carbonyl (C=O) groups is 3. The van der Waals surface area contributed by atoms with Crippen molar-refractivity contribution < 1.29 is 14.4 Å². The van der Waals surface area contributed by atoms with Gasteiger partial charge in [0.05, 0.1) is 0 Å². The summed E-state index contributed by atoms with van der Waals surface area (Å²) in [5, 5.41) is 5.67. The van der Waals surface area contributed by atoms with Crippen molar-refractivity contribution in [3.8, 4) is 0 Å². The van der Waals surface area contributed by atoms with E-state index in [9.17, 15) is 14.4 Å². The van der Waals surface area contributed by atoms with Crippen LogP contribution in [0.5, 0.6) is 0 Å². The Bertz CT molecular complexity index is 484. The zero-order valence-electron chi connectivity index (χ0n) is 14.8. The highest BCUT2D eigenvalue weighted by atomic mass is 16.2. The maximum Gasteiger partial charge on any atom is 0.325 e. The van der Waals surface area contributed by atoms with Gasteiger partial charge >= 0.3 is 6.03 Å². The summed E-state index contributed by atoms with van der Waals surface area (Å²) in [6.45, 7) is 3.86. The van der Waals surface area contributed by atoms with Crippen molar-refractivity contribution in [1.29, 1.82) is 0 Å². The minimum atomic E-state index is -0.867. The quantitative estimate of drug-likeness (QED) is 0.605. The topological polar surface area (TPSA) is 105 Å². The summed E-state index contributed by atoms with van der Waals surface area (Å²) >= 11 is 0. The summed E-state index contributed by atoms with van der Waals surface area (Å²) < 4.78 is 0. The van der Waals surface area contributed by atoms with E-state index in [1.54, 1.807) is 0 Å². The molecule has 0 aromatic heterocycles. The van der Waals surface area contributed by atoms with Crippen LogP contribution in [0.2, 0.25) is 0 Å². The maximum atomic E-state index is 12.5. The van der Waals surface area contributed by atoms with E-state index in [1.165, 1.54) is 19.3 Å². The fourth-order valence-electron chi connectivity index (χ4n) is 3.85. The molecule has 0 bridgehead atoms. The fraction of sp³-hybridized carbons (Fsp3) is 0.824. The Morgan fingerprint density at radius 1 is 1.29 bits per heavy atom. The molecule has 4 N–H and O–H groups in total. The zero-order valence-corrected chi connectivity index (χ0v) is 14.8. The van der Waals surface area contributed by atoms with Gasteiger partial charge in [0, 0.05) is 12.6 Å². The molecule has 1 saturated heterocycles. The van der Waals surface area contributed by atoms with Crippen LogP contribution in [-0.4, -0.2) is 47.4 Å². The summed E-state index contributed by atoms with van der Waals surface area (Å²) in [6, 6.07) is -0.568. The summed E-state index contributed by atoms with van der Waals surface area (Å²) in [4.78, 5) is 38.0.